The molecule has 6 heteroatoms. The highest BCUT2D eigenvalue weighted by atomic mass is 32.2. The van der Waals surface area contributed by atoms with E-state index in [-0.39, 0.29) is 12.5 Å². The molecule has 2 N–H and O–H groups in total. The Bertz CT molecular complexity index is 589. The molecule has 5 nitrogen and oxygen atoms in total. The zero-order chi connectivity index (χ0) is 19.5. The molecule has 150 valence electrons. The Balaban J connectivity index is 1.91. The maximum atomic E-state index is 11.9. The van der Waals surface area contributed by atoms with E-state index in [0.29, 0.717) is 6.04 Å². The third-order valence-corrected chi connectivity index (χ3v) is 6.02. The molecule has 1 amide bonds. The van der Waals surface area contributed by atoms with Crippen LogP contribution in [0, 0.1) is 0 Å². The summed E-state index contributed by atoms with van der Waals surface area (Å²) in [5.74, 6) is 1.95. The predicted molar refractivity (Wildman–Crippen MR) is 116 cm³/mol. The molecule has 2 unspecified atom stereocenters. The lowest BCUT2D eigenvalue weighted by atomic mass is 9.95. The number of hydrogen-bond donors (Lipinski definition) is 2. The standard InChI is InChI=1S/C21H34N4OS/c1-4-27-19-12-8-11-18(15-19)24-21(23-16-20(26)25(2)3)22-14-13-17-9-6-5-7-10-17/h5-7,9-10,18-19H,4,8,11-16H2,1-3H3,(H2,22,23,24). The zero-order valence-corrected chi connectivity index (χ0v) is 17.7. The summed E-state index contributed by atoms with van der Waals surface area (Å²) in [6, 6.07) is 10.9. The number of rotatable bonds is 8. The third kappa shape index (κ3) is 8.24. The van der Waals surface area contributed by atoms with Gasteiger partial charge in [0.15, 0.2) is 5.96 Å². The van der Waals surface area contributed by atoms with Crippen LogP contribution in [0.3, 0.4) is 0 Å². The summed E-state index contributed by atoms with van der Waals surface area (Å²) in [4.78, 5) is 18.1. The number of thioether (sulfide) groups is 1. The molecule has 1 saturated carbocycles. The van der Waals surface area contributed by atoms with Crippen LogP contribution in [0.1, 0.15) is 38.2 Å². The largest absolute Gasteiger partial charge is 0.356 e. The fourth-order valence-electron chi connectivity index (χ4n) is 3.27. The molecule has 1 fully saturated rings. The molecule has 1 aliphatic rings. The van der Waals surface area contributed by atoms with Crippen molar-refractivity contribution < 1.29 is 4.79 Å². The maximum absolute atomic E-state index is 11.9. The summed E-state index contributed by atoms with van der Waals surface area (Å²) in [6.45, 7) is 3.20. The first-order valence-electron chi connectivity index (χ1n) is 9.99. The number of amides is 1. The van der Waals surface area contributed by atoms with Crippen LogP contribution in [0.25, 0.3) is 0 Å². The van der Waals surface area contributed by atoms with E-state index >= 15 is 0 Å². The molecule has 1 aromatic carbocycles. The van der Waals surface area contributed by atoms with Crippen LogP contribution in [0.15, 0.2) is 35.3 Å². The van der Waals surface area contributed by atoms with Gasteiger partial charge in [0, 0.05) is 31.9 Å². The smallest absolute Gasteiger partial charge is 0.243 e. The lowest BCUT2D eigenvalue weighted by Crippen LogP contribution is -2.46. The van der Waals surface area contributed by atoms with Gasteiger partial charge in [0.2, 0.25) is 5.91 Å². The van der Waals surface area contributed by atoms with Gasteiger partial charge in [-0.25, -0.2) is 4.99 Å². The van der Waals surface area contributed by atoms with Crippen LogP contribution >= 0.6 is 11.8 Å². The number of benzene rings is 1. The number of carbonyl (C=O) groups is 1. The summed E-state index contributed by atoms with van der Waals surface area (Å²) in [5, 5.41) is 7.73. The predicted octanol–water partition coefficient (Wildman–Crippen LogP) is 2.92. The van der Waals surface area contributed by atoms with Crippen LogP contribution in [0.4, 0.5) is 0 Å². The lowest BCUT2D eigenvalue weighted by Gasteiger charge is -2.30. The zero-order valence-electron chi connectivity index (χ0n) is 16.9. The fourth-order valence-corrected chi connectivity index (χ4v) is 4.44. The Morgan fingerprint density at radius 1 is 1.26 bits per heavy atom. The fraction of sp³-hybridized carbons (Fsp3) is 0.619. The van der Waals surface area contributed by atoms with Gasteiger partial charge in [0.05, 0.1) is 0 Å². The molecular formula is C21H34N4OS. The average Bonchev–Trinajstić information content (AvgIpc) is 2.67. The van der Waals surface area contributed by atoms with Crippen LogP contribution in [0.5, 0.6) is 0 Å². The lowest BCUT2D eigenvalue weighted by molar-refractivity contribution is -0.127. The third-order valence-electron chi connectivity index (χ3n) is 4.79. The van der Waals surface area contributed by atoms with Crippen LogP contribution in [-0.2, 0) is 11.2 Å². The van der Waals surface area contributed by atoms with E-state index < -0.39 is 0 Å². The summed E-state index contributed by atoms with van der Waals surface area (Å²) in [5.41, 5.74) is 1.30. The minimum absolute atomic E-state index is 0.0159. The van der Waals surface area contributed by atoms with Gasteiger partial charge in [0.1, 0.15) is 6.54 Å². The van der Waals surface area contributed by atoms with Gasteiger partial charge in [-0.15, -0.1) is 0 Å². The van der Waals surface area contributed by atoms with E-state index in [4.69, 9.17) is 0 Å². The first-order valence-corrected chi connectivity index (χ1v) is 11.0. The number of guanidine groups is 1. The molecule has 27 heavy (non-hydrogen) atoms. The molecule has 2 atom stereocenters. The summed E-state index contributed by atoms with van der Waals surface area (Å²) < 4.78 is 0. The van der Waals surface area contributed by atoms with Gasteiger partial charge < -0.3 is 15.5 Å². The summed E-state index contributed by atoms with van der Waals surface area (Å²) in [7, 11) is 3.53. The highest BCUT2D eigenvalue weighted by Gasteiger charge is 2.22. The van der Waals surface area contributed by atoms with Gasteiger partial charge in [-0.2, -0.15) is 11.8 Å². The topological polar surface area (TPSA) is 56.7 Å². The Morgan fingerprint density at radius 3 is 2.74 bits per heavy atom. The Labute approximate surface area is 168 Å². The van der Waals surface area contributed by atoms with E-state index in [9.17, 15) is 4.79 Å². The van der Waals surface area contributed by atoms with E-state index in [1.165, 1.54) is 37.0 Å². The molecule has 0 spiro atoms. The van der Waals surface area contributed by atoms with Crippen LogP contribution < -0.4 is 10.6 Å². The molecule has 0 aliphatic heterocycles. The van der Waals surface area contributed by atoms with Crippen molar-refractivity contribution in [3.8, 4) is 0 Å². The minimum atomic E-state index is 0.0159. The van der Waals surface area contributed by atoms with Gasteiger partial charge in [-0.05, 0) is 37.0 Å². The van der Waals surface area contributed by atoms with E-state index in [0.717, 1.165) is 24.2 Å². The van der Waals surface area contributed by atoms with E-state index in [2.05, 4.69) is 58.6 Å². The summed E-state index contributed by atoms with van der Waals surface area (Å²) >= 11 is 2.06. The van der Waals surface area contributed by atoms with Gasteiger partial charge >= 0.3 is 0 Å². The van der Waals surface area contributed by atoms with Crippen LogP contribution in [-0.4, -0.2) is 61.0 Å². The van der Waals surface area contributed by atoms with Gasteiger partial charge in [-0.1, -0.05) is 43.7 Å². The van der Waals surface area contributed by atoms with Crippen molar-refractivity contribution in [3.05, 3.63) is 35.9 Å². The Hall–Kier alpha value is -1.69. The maximum Gasteiger partial charge on any atom is 0.243 e. The number of nitrogens with one attached hydrogen (secondary N) is 2. The highest BCUT2D eigenvalue weighted by Crippen LogP contribution is 2.28. The first-order chi connectivity index (χ1) is 13.1. The van der Waals surface area contributed by atoms with Crippen molar-refractivity contribution >= 4 is 23.6 Å². The Morgan fingerprint density at radius 2 is 2.04 bits per heavy atom. The highest BCUT2D eigenvalue weighted by molar-refractivity contribution is 7.99. The molecule has 0 bridgehead atoms. The molecule has 1 aromatic rings. The summed E-state index contributed by atoms with van der Waals surface area (Å²) in [6.07, 6.45) is 5.83. The first kappa shape index (κ1) is 21.6. The van der Waals surface area contributed by atoms with Crippen molar-refractivity contribution in [3.63, 3.8) is 0 Å². The van der Waals surface area contributed by atoms with Crippen molar-refractivity contribution in [2.45, 2.75) is 50.3 Å². The number of nitrogens with zero attached hydrogens (tertiary/aromatic N) is 2. The number of carbonyl (C=O) groups excluding carboxylic acids is 1. The molecule has 0 aromatic heterocycles. The molecule has 0 saturated heterocycles. The van der Waals surface area contributed by atoms with Crippen molar-refractivity contribution in [1.82, 2.24) is 15.5 Å². The monoisotopic (exact) mass is 390 g/mol. The second-order valence-corrected chi connectivity index (χ2v) is 8.78. The second-order valence-electron chi connectivity index (χ2n) is 7.20. The molecule has 2 rings (SSSR count). The van der Waals surface area contributed by atoms with E-state index in [1.54, 1.807) is 19.0 Å². The minimum Gasteiger partial charge on any atom is -0.356 e. The number of likely N-dealkylation sites (N-methyl/N-ethyl adjacent to an activating group) is 1. The SMILES string of the molecule is CCSC1CCCC(NC(=NCC(=O)N(C)C)NCCc2ccccc2)C1. The molecule has 0 heterocycles. The number of hydrogen-bond acceptors (Lipinski definition) is 3. The van der Waals surface area contributed by atoms with Gasteiger partial charge in [0.25, 0.3) is 0 Å². The quantitative estimate of drug-likeness (QED) is 0.529. The molecular weight excluding hydrogens is 356 g/mol. The molecule has 0 radical (unpaired) electrons. The van der Waals surface area contributed by atoms with Crippen molar-refractivity contribution in [2.24, 2.45) is 4.99 Å². The van der Waals surface area contributed by atoms with E-state index in [1.807, 2.05) is 6.07 Å². The second kappa shape index (κ2) is 11.9. The average molecular weight is 391 g/mol. The van der Waals surface area contributed by atoms with Gasteiger partial charge in [-0.3, -0.25) is 4.79 Å². The Kier molecular flexibility index (Phi) is 9.53. The van der Waals surface area contributed by atoms with Crippen molar-refractivity contribution in [1.29, 1.82) is 0 Å². The van der Waals surface area contributed by atoms with Crippen molar-refractivity contribution in [2.75, 3.05) is 32.9 Å². The molecule has 1 aliphatic carbocycles. The number of aliphatic imine (C=N–C) groups is 1. The van der Waals surface area contributed by atoms with Crippen LogP contribution in [0.2, 0.25) is 0 Å². The normalized spacial score (nSPS) is 20.2.